The van der Waals surface area contributed by atoms with Crippen molar-refractivity contribution >= 4 is 29.0 Å². The molecule has 0 radical (unpaired) electrons. The number of ether oxygens (including phenoxy) is 2. The first kappa shape index (κ1) is 19.2. The van der Waals surface area contributed by atoms with E-state index < -0.39 is 17.9 Å². The van der Waals surface area contributed by atoms with E-state index in [9.17, 15) is 9.59 Å². The Hall–Kier alpha value is -2.53. The standard InChI is InChI=1S/C21H22ClNO4/c1-26-15-8-10-17(22)19(12-15)23(13-14-6-4-3-5-7-14)18-11-9-16(20(18)24)21(25)27-2/h3-8,10,12,16,18H,9,11,13H2,1-2H3. The molecule has 6 heteroatoms. The predicted molar refractivity (Wildman–Crippen MR) is 104 cm³/mol. The SMILES string of the molecule is COC(=O)C1CCC(N(Cc2ccccc2)c2cc(OC)ccc2Cl)C1=O. The van der Waals surface area contributed by atoms with E-state index in [1.807, 2.05) is 41.3 Å². The maximum Gasteiger partial charge on any atom is 0.316 e. The number of halogens is 1. The molecule has 1 fully saturated rings. The van der Waals surface area contributed by atoms with Crippen LogP contribution in [0, 0.1) is 5.92 Å². The van der Waals surface area contributed by atoms with Gasteiger partial charge in [-0.1, -0.05) is 41.9 Å². The van der Waals surface area contributed by atoms with Crippen LogP contribution in [0.5, 0.6) is 5.75 Å². The number of ketones is 1. The maximum atomic E-state index is 13.0. The Morgan fingerprint density at radius 3 is 2.56 bits per heavy atom. The van der Waals surface area contributed by atoms with Crippen LogP contribution in [0.3, 0.4) is 0 Å². The maximum absolute atomic E-state index is 13.0. The first-order chi connectivity index (χ1) is 13.0. The molecule has 5 nitrogen and oxygen atoms in total. The molecule has 3 rings (SSSR count). The molecule has 1 saturated carbocycles. The third-order valence-corrected chi connectivity index (χ3v) is 5.24. The molecule has 0 heterocycles. The Kier molecular flexibility index (Phi) is 6.01. The third kappa shape index (κ3) is 4.08. The summed E-state index contributed by atoms with van der Waals surface area (Å²) in [6, 6.07) is 14.8. The lowest BCUT2D eigenvalue weighted by atomic mass is 10.1. The fourth-order valence-corrected chi connectivity index (χ4v) is 3.74. The van der Waals surface area contributed by atoms with Gasteiger partial charge in [-0.15, -0.1) is 0 Å². The van der Waals surface area contributed by atoms with Crippen molar-refractivity contribution in [1.82, 2.24) is 0 Å². The van der Waals surface area contributed by atoms with Crippen LogP contribution in [-0.2, 0) is 20.9 Å². The van der Waals surface area contributed by atoms with E-state index in [0.29, 0.717) is 35.8 Å². The van der Waals surface area contributed by atoms with Gasteiger partial charge in [0.25, 0.3) is 0 Å². The van der Waals surface area contributed by atoms with Gasteiger partial charge in [0.15, 0.2) is 5.78 Å². The van der Waals surface area contributed by atoms with Crippen LogP contribution in [-0.4, -0.2) is 32.0 Å². The molecule has 1 aliphatic carbocycles. The minimum absolute atomic E-state index is 0.128. The molecule has 27 heavy (non-hydrogen) atoms. The zero-order valence-electron chi connectivity index (χ0n) is 15.4. The highest BCUT2D eigenvalue weighted by molar-refractivity contribution is 6.33. The highest BCUT2D eigenvalue weighted by Gasteiger charge is 2.42. The average molecular weight is 388 g/mol. The van der Waals surface area contributed by atoms with E-state index in [2.05, 4.69) is 0 Å². The number of carbonyl (C=O) groups excluding carboxylic acids is 2. The molecular weight excluding hydrogens is 366 g/mol. The number of hydrogen-bond acceptors (Lipinski definition) is 5. The third-order valence-electron chi connectivity index (χ3n) is 4.92. The van der Waals surface area contributed by atoms with Crippen molar-refractivity contribution in [2.24, 2.45) is 5.92 Å². The zero-order chi connectivity index (χ0) is 19.4. The number of benzene rings is 2. The van der Waals surface area contributed by atoms with Crippen molar-refractivity contribution in [2.75, 3.05) is 19.1 Å². The van der Waals surface area contributed by atoms with Gasteiger partial charge in [0.2, 0.25) is 0 Å². The minimum atomic E-state index is -0.720. The normalized spacial score (nSPS) is 19.0. The smallest absolute Gasteiger partial charge is 0.316 e. The number of esters is 1. The van der Waals surface area contributed by atoms with Crippen molar-refractivity contribution in [3.05, 3.63) is 59.1 Å². The number of carbonyl (C=O) groups is 2. The lowest BCUT2D eigenvalue weighted by molar-refractivity contribution is -0.148. The Morgan fingerprint density at radius 1 is 1.15 bits per heavy atom. The van der Waals surface area contributed by atoms with Crippen molar-refractivity contribution < 1.29 is 19.1 Å². The van der Waals surface area contributed by atoms with E-state index in [-0.39, 0.29) is 5.78 Å². The highest BCUT2D eigenvalue weighted by Crippen LogP contribution is 2.37. The minimum Gasteiger partial charge on any atom is -0.497 e. The summed E-state index contributed by atoms with van der Waals surface area (Å²) in [5, 5.41) is 0.529. The molecule has 0 bridgehead atoms. The molecule has 2 atom stereocenters. The van der Waals surface area contributed by atoms with Crippen LogP contribution in [0.15, 0.2) is 48.5 Å². The number of nitrogens with zero attached hydrogens (tertiary/aromatic N) is 1. The summed E-state index contributed by atoms with van der Waals surface area (Å²) in [6.07, 6.45) is 1.04. The summed E-state index contributed by atoms with van der Waals surface area (Å²) in [6.45, 7) is 0.498. The molecule has 0 aromatic heterocycles. The molecule has 0 N–H and O–H groups in total. The van der Waals surface area contributed by atoms with E-state index in [1.54, 1.807) is 19.2 Å². The highest BCUT2D eigenvalue weighted by atomic mass is 35.5. The lowest BCUT2D eigenvalue weighted by Crippen LogP contribution is -2.40. The van der Waals surface area contributed by atoms with Gasteiger partial charge in [-0.05, 0) is 30.5 Å². The molecule has 2 aromatic carbocycles. The van der Waals surface area contributed by atoms with Crippen molar-refractivity contribution in [3.8, 4) is 5.75 Å². The van der Waals surface area contributed by atoms with Gasteiger partial charge in [-0.2, -0.15) is 0 Å². The monoisotopic (exact) mass is 387 g/mol. The molecule has 0 amide bonds. The van der Waals surface area contributed by atoms with Crippen LogP contribution >= 0.6 is 11.6 Å². The quantitative estimate of drug-likeness (QED) is 0.556. The molecule has 0 spiro atoms. The van der Waals surface area contributed by atoms with Crippen LogP contribution < -0.4 is 9.64 Å². The predicted octanol–water partition coefficient (Wildman–Crippen LogP) is 3.88. The van der Waals surface area contributed by atoms with Crippen molar-refractivity contribution in [1.29, 1.82) is 0 Å². The Balaban J connectivity index is 1.98. The van der Waals surface area contributed by atoms with Crippen molar-refractivity contribution in [3.63, 3.8) is 0 Å². The number of anilines is 1. The molecule has 2 unspecified atom stereocenters. The Morgan fingerprint density at radius 2 is 1.89 bits per heavy atom. The molecule has 1 aliphatic rings. The van der Waals surface area contributed by atoms with Gasteiger partial charge < -0.3 is 14.4 Å². The molecule has 142 valence electrons. The van der Waals surface area contributed by atoms with E-state index in [4.69, 9.17) is 21.1 Å². The van der Waals surface area contributed by atoms with Crippen LogP contribution in [0.1, 0.15) is 18.4 Å². The van der Waals surface area contributed by atoms with Crippen LogP contribution in [0.4, 0.5) is 5.69 Å². The molecular formula is C21H22ClNO4. The summed E-state index contributed by atoms with van der Waals surface area (Å²) in [4.78, 5) is 26.9. The first-order valence-electron chi connectivity index (χ1n) is 8.80. The van der Waals surface area contributed by atoms with Gasteiger partial charge >= 0.3 is 5.97 Å². The molecule has 0 saturated heterocycles. The van der Waals surface area contributed by atoms with Crippen LogP contribution in [0.25, 0.3) is 0 Å². The second-order valence-corrected chi connectivity index (χ2v) is 6.91. The second-order valence-electron chi connectivity index (χ2n) is 6.50. The zero-order valence-corrected chi connectivity index (χ0v) is 16.1. The van der Waals surface area contributed by atoms with Gasteiger partial charge in [0.05, 0.1) is 31.0 Å². The molecule has 2 aromatic rings. The van der Waals surface area contributed by atoms with Crippen LogP contribution in [0.2, 0.25) is 5.02 Å². The summed E-state index contributed by atoms with van der Waals surface area (Å²) in [7, 11) is 2.90. The lowest BCUT2D eigenvalue weighted by Gasteiger charge is -2.31. The number of Topliss-reactive ketones (excluding diaryl/α,β-unsaturated/α-hetero) is 1. The summed E-state index contributed by atoms with van der Waals surface area (Å²) >= 11 is 6.47. The van der Waals surface area contributed by atoms with Gasteiger partial charge in [-0.25, -0.2) is 0 Å². The number of hydrogen-bond donors (Lipinski definition) is 0. The fourth-order valence-electron chi connectivity index (χ4n) is 3.51. The summed E-state index contributed by atoms with van der Waals surface area (Å²) in [5.41, 5.74) is 1.76. The second kappa shape index (κ2) is 8.44. The van der Waals surface area contributed by atoms with E-state index in [1.165, 1.54) is 7.11 Å². The van der Waals surface area contributed by atoms with E-state index >= 15 is 0 Å². The Bertz CT molecular complexity index is 824. The molecule has 0 aliphatic heterocycles. The first-order valence-corrected chi connectivity index (χ1v) is 9.18. The summed E-state index contributed by atoms with van der Waals surface area (Å²) in [5.74, 6) is -0.666. The average Bonchev–Trinajstić information content (AvgIpc) is 3.08. The number of methoxy groups -OCH3 is 2. The summed E-state index contributed by atoms with van der Waals surface area (Å²) < 4.78 is 10.1. The van der Waals surface area contributed by atoms with E-state index in [0.717, 1.165) is 5.56 Å². The van der Waals surface area contributed by atoms with Crippen molar-refractivity contribution in [2.45, 2.75) is 25.4 Å². The number of rotatable bonds is 6. The van der Waals surface area contributed by atoms with Gasteiger partial charge in [-0.3, -0.25) is 9.59 Å². The fraction of sp³-hybridized carbons (Fsp3) is 0.333. The Labute approximate surface area is 163 Å². The topological polar surface area (TPSA) is 55.8 Å². The largest absolute Gasteiger partial charge is 0.497 e. The van der Waals surface area contributed by atoms with Gasteiger partial charge in [0.1, 0.15) is 11.7 Å². The van der Waals surface area contributed by atoms with Gasteiger partial charge in [0, 0.05) is 12.6 Å².